The lowest BCUT2D eigenvalue weighted by molar-refractivity contribution is -0.139. The number of hydrogen-bond acceptors (Lipinski definition) is 4. The van der Waals surface area contributed by atoms with Gasteiger partial charge in [-0.2, -0.15) is 13.2 Å². The first-order chi connectivity index (χ1) is 23.4. The summed E-state index contributed by atoms with van der Waals surface area (Å²) in [6.07, 6.45) is -3.58. The number of nitrogens with one attached hydrogen (secondary N) is 1. The van der Waals surface area contributed by atoms with E-state index in [-0.39, 0.29) is 29.0 Å². The number of aliphatic carboxylic acids is 1. The molecule has 1 amide bonds. The number of carboxylic acid groups (broad SMARTS) is 1. The third kappa shape index (κ3) is 8.80. The molecule has 2 N–H and O–H groups in total. The second kappa shape index (κ2) is 15.6. The van der Waals surface area contributed by atoms with E-state index in [0.29, 0.717) is 54.3 Å². The first kappa shape index (κ1) is 38.3. The number of benzene rings is 2. The number of halogens is 5. The number of likely N-dealkylation sites (tertiary alicyclic amines) is 1. The fraction of sp³-hybridized carbons (Fsp3) is 0.447. The summed E-state index contributed by atoms with van der Waals surface area (Å²) in [5.41, 5.74) is -0.386. The number of carbonyl (C=O) groups is 2. The zero-order valence-corrected chi connectivity index (χ0v) is 29.0. The molecule has 12 heteroatoms. The molecule has 1 aromatic heterocycles. The Bertz CT molecular complexity index is 1860. The predicted molar refractivity (Wildman–Crippen MR) is 181 cm³/mol. The molecule has 7 nitrogen and oxygen atoms in total. The highest BCUT2D eigenvalue weighted by Crippen LogP contribution is 2.39. The molecule has 1 aliphatic heterocycles. The number of pyridine rings is 1. The van der Waals surface area contributed by atoms with Crippen LogP contribution in [0.25, 0.3) is 11.1 Å². The molecular formula is C38H42F5N3O4. The highest BCUT2D eigenvalue weighted by atomic mass is 19.4. The van der Waals surface area contributed by atoms with Crippen LogP contribution in [0.1, 0.15) is 97.8 Å². The van der Waals surface area contributed by atoms with Gasteiger partial charge < -0.3 is 19.9 Å². The van der Waals surface area contributed by atoms with E-state index in [1.54, 1.807) is 27.7 Å². The van der Waals surface area contributed by atoms with Gasteiger partial charge in [-0.25, -0.2) is 8.78 Å². The van der Waals surface area contributed by atoms with Crippen LogP contribution in [0.3, 0.4) is 0 Å². The van der Waals surface area contributed by atoms with Gasteiger partial charge in [-0.05, 0) is 124 Å². The molecule has 4 rings (SSSR count). The number of carboxylic acids is 1. The van der Waals surface area contributed by atoms with Crippen LogP contribution in [0.4, 0.5) is 22.0 Å². The van der Waals surface area contributed by atoms with Crippen LogP contribution in [-0.2, 0) is 15.8 Å². The van der Waals surface area contributed by atoms with Crippen molar-refractivity contribution in [2.75, 3.05) is 20.1 Å². The van der Waals surface area contributed by atoms with Crippen molar-refractivity contribution in [3.63, 3.8) is 0 Å². The first-order valence-electron chi connectivity index (χ1n) is 16.5. The fourth-order valence-electron chi connectivity index (χ4n) is 6.81. The minimum Gasteiger partial charge on any atom is -0.481 e. The van der Waals surface area contributed by atoms with Gasteiger partial charge >= 0.3 is 12.1 Å². The van der Waals surface area contributed by atoms with Gasteiger partial charge in [0.05, 0.1) is 23.6 Å². The topological polar surface area (TPSA) is 91.6 Å². The van der Waals surface area contributed by atoms with Crippen molar-refractivity contribution >= 4 is 11.9 Å². The molecule has 2 aromatic carbocycles. The number of piperidine rings is 1. The molecule has 2 heterocycles. The number of alkyl halides is 3. The van der Waals surface area contributed by atoms with Gasteiger partial charge in [0.2, 0.25) is 5.91 Å². The maximum absolute atomic E-state index is 16.1. The standard InChI is InChI=1S/C38H42F5N3O4/c1-7-8-25-16-26(35-22(4)14-27(39)15-23(35)5)17-28(36(25)40)31(19-34(48)49)44-37(50)32(13-21(2)3)46-20-29(24-9-11-45(6)12-10-24)30(18-33(46)47)38(41,42)43/h14-18,20-21,24,31-32H,9-13,19H2,1-6H3,(H,44,50)(H,48,49)/t31-,32-/m1/s1. The van der Waals surface area contributed by atoms with Crippen molar-refractivity contribution in [3.8, 4) is 23.0 Å². The summed E-state index contributed by atoms with van der Waals surface area (Å²) in [6.45, 7) is 9.50. The van der Waals surface area contributed by atoms with Gasteiger partial charge in [0.25, 0.3) is 5.56 Å². The van der Waals surface area contributed by atoms with Crippen molar-refractivity contribution in [2.45, 2.75) is 84.5 Å². The summed E-state index contributed by atoms with van der Waals surface area (Å²) >= 11 is 0. The minimum atomic E-state index is -4.80. The Kier molecular flexibility index (Phi) is 11.9. The lowest BCUT2D eigenvalue weighted by Crippen LogP contribution is -2.41. The molecule has 0 saturated carbocycles. The Morgan fingerprint density at radius 1 is 1.04 bits per heavy atom. The maximum Gasteiger partial charge on any atom is 0.416 e. The first-order valence-corrected chi connectivity index (χ1v) is 16.5. The van der Waals surface area contributed by atoms with Crippen LogP contribution in [0.2, 0.25) is 0 Å². The zero-order chi connectivity index (χ0) is 37.1. The zero-order valence-electron chi connectivity index (χ0n) is 29.0. The van der Waals surface area contributed by atoms with Gasteiger partial charge in [-0.1, -0.05) is 19.8 Å². The monoisotopic (exact) mass is 699 g/mol. The summed E-state index contributed by atoms with van der Waals surface area (Å²) < 4.78 is 74.0. The average molecular weight is 700 g/mol. The van der Waals surface area contributed by atoms with Gasteiger partial charge in [-0.15, -0.1) is 5.92 Å². The summed E-state index contributed by atoms with van der Waals surface area (Å²) in [5.74, 6) is 1.02. The Morgan fingerprint density at radius 3 is 2.20 bits per heavy atom. The number of nitrogens with zero attached hydrogens (tertiary/aromatic N) is 2. The van der Waals surface area contributed by atoms with Gasteiger partial charge in [0.1, 0.15) is 17.7 Å². The van der Waals surface area contributed by atoms with Crippen LogP contribution in [0, 0.1) is 43.2 Å². The third-order valence-electron chi connectivity index (χ3n) is 9.13. The van der Waals surface area contributed by atoms with E-state index in [2.05, 4.69) is 17.2 Å². The van der Waals surface area contributed by atoms with E-state index in [9.17, 15) is 37.1 Å². The second-order valence-corrected chi connectivity index (χ2v) is 13.5. The summed E-state index contributed by atoms with van der Waals surface area (Å²) in [4.78, 5) is 41.6. The minimum absolute atomic E-state index is 0.0206. The molecule has 268 valence electrons. The normalized spacial score (nSPS) is 15.4. The Hall–Kier alpha value is -4.50. The Labute approximate surface area is 288 Å². The van der Waals surface area contributed by atoms with E-state index in [1.807, 2.05) is 11.9 Å². The SMILES string of the molecule is CC#Cc1cc(-c2c(C)cc(F)cc2C)cc([C@@H](CC(=O)O)NC(=O)[C@@H](CC(C)C)n2cc(C3CCN(C)CC3)c(C(F)(F)F)cc2=O)c1F. The van der Waals surface area contributed by atoms with Crippen molar-refractivity contribution in [1.29, 1.82) is 0 Å². The number of amides is 1. The van der Waals surface area contributed by atoms with E-state index in [0.717, 1.165) is 10.8 Å². The van der Waals surface area contributed by atoms with E-state index in [4.69, 9.17) is 0 Å². The smallest absolute Gasteiger partial charge is 0.416 e. The van der Waals surface area contributed by atoms with Crippen LogP contribution < -0.4 is 10.9 Å². The summed E-state index contributed by atoms with van der Waals surface area (Å²) in [6, 6.07) is 3.19. The third-order valence-corrected chi connectivity index (χ3v) is 9.13. The lowest BCUT2D eigenvalue weighted by Gasteiger charge is -2.32. The second-order valence-electron chi connectivity index (χ2n) is 13.5. The number of aryl methyl sites for hydroxylation is 2. The van der Waals surface area contributed by atoms with Gasteiger partial charge in [-0.3, -0.25) is 14.4 Å². The Morgan fingerprint density at radius 2 is 1.66 bits per heavy atom. The lowest BCUT2D eigenvalue weighted by atomic mass is 9.87. The van der Waals surface area contributed by atoms with Crippen molar-refractivity contribution in [2.24, 2.45) is 5.92 Å². The van der Waals surface area contributed by atoms with Crippen molar-refractivity contribution < 1.29 is 36.6 Å². The van der Waals surface area contributed by atoms with E-state index < -0.39 is 65.2 Å². The molecule has 0 bridgehead atoms. The summed E-state index contributed by atoms with van der Waals surface area (Å²) in [7, 11) is 1.87. The van der Waals surface area contributed by atoms with Crippen LogP contribution in [-0.4, -0.2) is 46.6 Å². The molecular weight excluding hydrogens is 657 g/mol. The highest BCUT2D eigenvalue weighted by molar-refractivity contribution is 5.82. The quantitative estimate of drug-likeness (QED) is 0.169. The molecule has 0 radical (unpaired) electrons. The molecule has 50 heavy (non-hydrogen) atoms. The van der Waals surface area contributed by atoms with Gasteiger partial charge in [0, 0.05) is 17.8 Å². The molecule has 1 fully saturated rings. The van der Waals surface area contributed by atoms with Crippen LogP contribution in [0.5, 0.6) is 0 Å². The number of aromatic nitrogens is 1. The Balaban J connectivity index is 1.86. The van der Waals surface area contributed by atoms with Crippen LogP contribution >= 0.6 is 0 Å². The van der Waals surface area contributed by atoms with E-state index >= 15 is 4.39 Å². The largest absolute Gasteiger partial charge is 0.481 e. The summed E-state index contributed by atoms with van der Waals surface area (Å²) in [5, 5.41) is 12.5. The fourth-order valence-corrected chi connectivity index (χ4v) is 6.81. The number of rotatable bonds is 10. The highest BCUT2D eigenvalue weighted by Gasteiger charge is 2.38. The molecule has 0 aliphatic carbocycles. The van der Waals surface area contributed by atoms with Crippen molar-refractivity contribution in [3.05, 3.63) is 91.9 Å². The molecule has 1 saturated heterocycles. The predicted octanol–water partition coefficient (Wildman–Crippen LogP) is 7.53. The number of carbonyl (C=O) groups excluding carboxylic acids is 1. The average Bonchev–Trinajstić information content (AvgIpc) is 3.00. The molecule has 0 unspecified atom stereocenters. The molecule has 2 atom stereocenters. The molecule has 0 spiro atoms. The van der Waals surface area contributed by atoms with Gasteiger partial charge in [0.15, 0.2) is 0 Å². The molecule has 3 aromatic rings. The molecule has 1 aliphatic rings. The van der Waals surface area contributed by atoms with Crippen molar-refractivity contribution in [1.82, 2.24) is 14.8 Å². The maximum atomic E-state index is 16.1. The number of hydrogen-bond donors (Lipinski definition) is 2. The van der Waals surface area contributed by atoms with Crippen LogP contribution in [0.15, 0.2) is 41.3 Å². The van der Waals surface area contributed by atoms with E-state index in [1.165, 1.54) is 31.2 Å².